The Balaban J connectivity index is 1.34. The van der Waals surface area contributed by atoms with Gasteiger partial charge in [-0.15, -0.1) is 0 Å². The molecule has 1 fully saturated rings. The van der Waals surface area contributed by atoms with Gasteiger partial charge in [-0.05, 0) is 19.8 Å². The second-order valence-electron chi connectivity index (χ2n) is 7.44. The molecule has 1 saturated heterocycles. The van der Waals surface area contributed by atoms with E-state index in [1.54, 1.807) is 6.33 Å². The van der Waals surface area contributed by atoms with Crippen LogP contribution in [0, 0.1) is 6.92 Å². The SMILES string of the molecule is Cc1cc(N(C)C2CCN(CC3OCCc4c3cnn4C)CC2)ncn1. The summed E-state index contributed by atoms with van der Waals surface area (Å²) in [6.07, 6.45) is 7.05. The monoisotopic (exact) mass is 356 g/mol. The molecule has 4 heterocycles. The lowest BCUT2D eigenvalue weighted by molar-refractivity contribution is 0.0101. The van der Waals surface area contributed by atoms with Gasteiger partial charge in [-0.1, -0.05) is 0 Å². The van der Waals surface area contributed by atoms with Crippen molar-refractivity contribution in [2.45, 2.75) is 38.3 Å². The summed E-state index contributed by atoms with van der Waals surface area (Å²) in [4.78, 5) is 13.5. The van der Waals surface area contributed by atoms with Gasteiger partial charge in [0.25, 0.3) is 0 Å². The third kappa shape index (κ3) is 3.46. The molecule has 26 heavy (non-hydrogen) atoms. The number of nitrogens with zero attached hydrogens (tertiary/aromatic N) is 6. The lowest BCUT2D eigenvalue weighted by atomic mass is 10.0. The highest BCUT2D eigenvalue weighted by Gasteiger charge is 2.29. The fourth-order valence-corrected chi connectivity index (χ4v) is 4.14. The number of piperidine rings is 1. The normalized spacial score (nSPS) is 21.6. The zero-order chi connectivity index (χ0) is 18.1. The van der Waals surface area contributed by atoms with Crippen LogP contribution in [0.4, 0.5) is 5.82 Å². The van der Waals surface area contributed by atoms with Gasteiger partial charge in [-0.3, -0.25) is 4.68 Å². The van der Waals surface area contributed by atoms with Crippen LogP contribution in [-0.4, -0.2) is 64.0 Å². The maximum Gasteiger partial charge on any atom is 0.132 e. The molecule has 2 aliphatic rings. The number of hydrogen-bond donors (Lipinski definition) is 0. The summed E-state index contributed by atoms with van der Waals surface area (Å²) in [6.45, 7) is 5.95. The first kappa shape index (κ1) is 17.4. The zero-order valence-electron chi connectivity index (χ0n) is 15.9. The molecule has 0 spiro atoms. The van der Waals surface area contributed by atoms with Crippen LogP contribution in [0.25, 0.3) is 0 Å². The van der Waals surface area contributed by atoms with E-state index in [-0.39, 0.29) is 6.10 Å². The molecule has 2 aromatic heterocycles. The number of hydrogen-bond acceptors (Lipinski definition) is 6. The second-order valence-corrected chi connectivity index (χ2v) is 7.44. The molecule has 0 bridgehead atoms. The van der Waals surface area contributed by atoms with Crippen molar-refractivity contribution in [1.29, 1.82) is 0 Å². The lowest BCUT2D eigenvalue weighted by Gasteiger charge is -2.38. The molecule has 1 unspecified atom stereocenters. The number of fused-ring (bicyclic) bond motifs is 1. The Hall–Kier alpha value is -1.99. The first-order valence-corrected chi connectivity index (χ1v) is 9.48. The van der Waals surface area contributed by atoms with E-state index in [4.69, 9.17) is 4.74 Å². The van der Waals surface area contributed by atoms with Crippen LogP contribution >= 0.6 is 0 Å². The molecular formula is C19H28N6O. The van der Waals surface area contributed by atoms with Crippen molar-refractivity contribution >= 4 is 5.82 Å². The minimum absolute atomic E-state index is 0.159. The van der Waals surface area contributed by atoms with Crippen molar-refractivity contribution in [2.24, 2.45) is 7.05 Å². The Kier molecular flexibility index (Phi) is 4.91. The summed E-state index contributed by atoms with van der Waals surface area (Å²) in [6, 6.07) is 2.59. The zero-order valence-corrected chi connectivity index (χ0v) is 15.9. The molecule has 2 aromatic rings. The molecule has 0 aromatic carbocycles. The average molecular weight is 356 g/mol. The number of ether oxygens (including phenoxy) is 1. The van der Waals surface area contributed by atoms with E-state index < -0.39 is 0 Å². The van der Waals surface area contributed by atoms with Gasteiger partial charge in [0.05, 0.1) is 18.9 Å². The molecular weight excluding hydrogens is 328 g/mol. The third-order valence-corrected chi connectivity index (χ3v) is 5.78. The summed E-state index contributed by atoms with van der Waals surface area (Å²) in [7, 11) is 4.17. The van der Waals surface area contributed by atoms with Gasteiger partial charge in [0.15, 0.2) is 0 Å². The molecule has 7 nitrogen and oxygen atoms in total. The molecule has 7 heteroatoms. The van der Waals surface area contributed by atoms with Crippen LogP contribution in [-0.2, 0) is 18.2 Å². The summed E-state index contributed by atoms with van der Waals surface area (Å²) >= 11 is 0. The van der Waals surface area contributed by atoms with Gasteiger partial charge in [-0.25, -0.2) is 9.97 Å². The highest BCUT2D eigenvalue weighted by Crippen LogP contribution is 2.29. The van der Waals surface area contributed by atoms with Crippen molar-refractivity contribution in [2.75, 3.05) is 38.2 Å². The van der Waals surface area contributed by atoms with E-state index in [1.165, 1.54) is 11.3 Å². The van der Waals surface area contributed by atoms with Crippen LogP contribution in [0.2, 0.25) is 0 Å². The predicted molar refractivity (Wildman–Crippen MR) is 100 cm³/mol. The van der Waals surface area contributed by atoms with Crippen LogP contribution in [0.1, 0.15) is 35.9 Å². The standard InChI is InChI=1S/C19H28N6O/c1-14-10-19(21-13-20-14)23(2)15-4-7-25(8-5-15)12-18-16-11-22-24(3)17(16)6-9-26-18/h10-11,13,15,18H,4-9,12H2,1-3H3. The Morgan fingerprint density at radius 2 is 2.08 bits per heavy atom. The number of aryl methyl sites for hydroxylation is 2. The van der Waals surface area contributed by atoms with Crippen LogP contribution in [0.5, 0.6) is 0 Å². The van der Waals surface area contributed by atoms with Gasteiger partial charge < -0.3 is 14.5 Å². The van der Waals surface area contributed by atoms with Gasteiger partial charge in [0.2, 0.25) is 0 Å². The molecule has 0 saturated carbocycles. The average Bonchev–Trinajstić information content (AvgIpc) is 3.04. The van der Waals surface area contributed by atoms with E-state index in [0.717, 1.165) is 57.0 Å². The highest BCUT2D eigenvalue weighted by atomic mass is 16.5. The molecule has 0 radical (unpaired) electrons. The quantitative estimate of drug-likeness (QED) is 0.832. The van der Waals surface area contributed by atoms with Crippen LogP contribution < -0.4 is 4.90 Å². The molecule has 0 amide bonds. The molecule has 140 valence electrons. The first-order valence-electron chi connectivity index (χ1n) is 9.48. The number of likely N-dealkylation sites (tertiary alicyclic amines) is 1. The van der Waals surface area contributed by atoms with Gasteiger partial charge >= 0.3 is 0 Å². The van der Waals surface area contributed by atoms with E-state index in [1.807, 2.05) is 24.9 Å². The Morgan fingerprint density at radius 1 is 1.27 bits per heavy atom. The Bertz CT molecular complexity index is 752. The smallest absolute Gasteiger partial charge is 0.132 e. The van der Waals surface area contributed by atoms with Crippen molar-refractivity contribution in [3.8, 4) is 0 Å². The number of rotatable bonds is 4. The van der Waals surface area contributed by atoms with E-state index >= 15 is 0 Å². The second kappa shape index (κ2) is 7.32. The van der Waals surface area contributed by atoms with Crippen molar-refractivity contribution < 1.29 is 4.74 Å². The third-order valence-electron chi connectivity index (χ3n) is 5.78. The topological polar surface area (TPSA) is 59.3 Å². The first-order chi connectivity index (χ1) is 12.6. The molecule has 1 atom stereocenters. The van der Waals surface area contributed by atoms with Crippen molar-refractivity contribution in [1.82, 2.24) is 24.6 Å². The predicted octanol–water partition coefficient (Wildman–Crippen LogP) is 1.73. The summed E-state index contributed by atoms with van der Waals surface area (Å²) in [5.41, 5.74) is 3.62. The largest absolute Gasteiger partial charge is 0.372 e. The van der Waals surface area contributed by atoms with Crippen molar-refractivity contribution in [3.63, 3.8) is 0 Å². The lowest BCUT2D eigenvalue weighted by Crippen LogP contribution is -2.45. The molecule has 4 rings (SSSR count). The maximum absolute atomic E-state index is 6.05. The highest BCUT2D eigenvalue weighted by molar-refractivity contribution is 5.39. The maximum atomic E-state index is 6.05. The summed E-state index contributed by atoms with van der Waals surface area (Å²) < 4.78 is 8.05. The summed E-state index contributed by atoms with van der Waals surface area (Å²) in [5, 5.41) is 4.42. The number of anilines is 1. The van der Waals surface area contributed by atoms with E-state index in [2.05, 4.69) is 38.0 Å². The Labute approximate surface area is 155 Å². The van der Waals surface area contributed by atoms with Crippen molar-refractivity contribution in [3.05, 3.63) is 35.5 Å². The molecule has 0 aliphatic carbocycles. The van der Waals surface area contributed by atoms with Gasteiger partial charge in [0.1, 0.15) is 12.1 Å². The summed E-state index contributed by atoms with van der Waals surface area (Å²) in [5.74, 6) is 1.02. The molecule has 0 N–H and O–H groups in total. The minimum atomic E-state index is 0.159. The van der Waals surface area contributed by atoms with Gasteiger partial charge in [0, 0.05) is 69.2 Å². The minimum Gasteiger partial charge on any atom is -0.372 e. The van der Waals surface area contributed by atoms with E-state index in [9.17, 15) is 0 Å². The Morgan fingerprint density at radius 3 is 2.85 bits per heavy atom. The van der Waals surface area contributed by atoms with Crippen LogP contribution in [0.15, 0.2) is 18.6 Å². The fourth-order valence-electron chi connectivity index (χ4n) is 4.14. The van der Waals surface area contributed by atoms with Crippen LogP contribution in [0.3, 0.4) is 0 Å². The number of aromatic nitrogens is 4. The van der Waals surface area contributed by atoms with Gasteiger partial charge in [-0.2, -0.15) is 5.10 Å². The fraction of sp³-hybridized carbons (Fsp3) is 0.632. The van der Waals surface area contributed by atoms with E-state index in [0.29, 0.717) is 6.04 Å². The molecule has 2 aliphatic heterocycles.